The van der Waals surface area contributed by atoms with E-state index in [9.17, 15) is 0 Å². The van der Waals surface area contributed by atoms with E-state index in [-0.39, 0.29) is 0 Å². The molecule has 0 unspecified atom stereocenters. The number of hydrogen-bond acceptors (Lipinski definition) is 3. The third-order valence-corrected chi connectivity index (χ3v) is 3.44. The SMILES string of the molecule is Cc1nc(-c2ccncc2)c2c(Br)cn(C)c2n1. The molecule has 0 aliphatic rings. The van der Waals surface area contributed by atoms with Gasteiger partial charge in [-0.2, -0.15) is 0 Å². The summed E-state index contributed by atoms with van der Waals surface area (Å²) in [6, 6.07) is 3.92. The van der Waals surface area contributed by atoms with E-state index in [1.807, 2.05) is 36.9 Å². The zero-order valence-corrected chi connectivity index (χ0v) is 11.6. The summed E-state index contributed by atoms with van der Waals surface area (Å²) >= 11 is 3.57. The Bertz CT molecular complexity index is 719. The summed E-state index contributed by atoms with van der Waals surface area (Å²) in [7, 11) is 1.98. The molecule has 0 saturated heterocycles. The highest BCUT2D eigenvalue weighted by Crippen LogP contribution is 2.32. The summed E-state index contributed by atoms with van der Waals surface area (Å²) in [6.07, 6.45) is 5.55. The molecule has 3 heterocycles. The molecule has 0 radical (unpaired) electrons. The van der Waals surface area contributed by atoms with E-state index in [1.165, 1.54) is 0 Å². The number of fused-ring (bicyclic) bond motifs is 1. The molecule has 18 heavy (non-hydrogen) atoms. The van der Waals surface area contributed by atoms with E-state index in [0.29, 0.717) is 0 Å². The van der Waals surface area contributed by atoms with Gasteiger partial charge >= 0.3 is 0 Å². The van der Waals surface area contributed by atoms with Gasteiger partial charge in [-0.1, -0.05) is 0 Å². The standard InChI is InChI=1S/C13H11BrN4/c1-8-16-12(9-3-5-15-6-4-9)11-10(14)7-18(2)13(11)17-8/h3-7H,1-2H3. The molecule has 0 N–H and O–H groups in total. The van der Waals surface area contributed by atoms with Crippen LogP contribution >= 0.6 is 15.9 Å². The van der Waals surface area contributed by atoms with Crippen LogP contribution in [0.2, 0.25) is 0 Å². The van der Waals surface area contributed by atoms with Gasteiger partial charge in [-0.25, -0.2) is 9.97 Å². The van der Waals surface area contributed by atoms with Crippen LogP contribution in [0.15, 0.2) is 35.2 Å². The highest BCUT2D eigenvalue weighted by atomic mass is 79.9. The van der Waals surface area contributed by atoms with Gasteiger partial charge in [0, 0.05) is 35.7 Å². The topological polar surface area (TPSA) is 43.6 Å². The number of aryl methyl sites for hydroxylation is 2. The van der Waals surface area contributed by atoms with Gasteiger partial charge in [0.05, 0.1) is 11.1 Å². The second-order valence-corrected chi connectivity index (χ2v) is 5.00. The molecular weight excluding hydrogens is 292 g/mol. The second-order valence-electron chi connectivity index (χ2n) is 4.14. The smallest absolute Gasteiger partial charge is 0.145 e. The van der Waals surface area contributed by atoms with E-state index in [2.05, 4.69) is 30.9 Å². The molecule has 3 aromatic rings. The fourth-order valence-corrected chi connectivity index (χ4v) is 2.72. The van der Waals surface area contributed by atoms with Crippen molar-refractivity contribution >= 4 is 27.0 Å². The van der Waals surface area contributed by atoms with Crippen LogP contribution < -0.4 is 0 Å². The van der Waals surface area contributed by atoms with Crippen molar-refractivity contribution in [2.24, 2.45) is 7.05 Å². The summed E-state index contributed by atoms with van der Waals surface area (Å²) in [6.45, 7) is 1.91. The Morgan fingerprint density at radius 3 is 2.61 bits per heavy atom. The maximum atomic E-state index is 4.56. The third-order valence-electron chi connectivity index (χ3n) is 2.84. The van der Waals surface area contributed by atoms with Gasteiger partial charge < -0.3 is 4.57 Å². The summed E-state index contributed by atoms with van der Waals surface area (Å²) < 4.78 is 3.01. The number of nitrogens with zero attached hydrogens (tertiary/aromatic N) is 4. The van der Waals surface area contributed by atoms with Crippen molar-refractivity contribution in [3.63, 3.8) is 0 Å². The summed E-state index contributed by atoms with van der Waals surface area (Å²) in [5, 5.41) is 1.04. The lowest BCUT2D eigenvalue weighted by molar-refractivity contribution is 0.931. The highest BCUT2D eigenvalue weighted by molar-refractivity contribution is 9.10. The van der Waals surface area contributed by atoms with Crippen LogP contribution in [0.1, 0.15) is 5.82 Å². The van der Waals surface area contributed by atoms with E-state index in [0.717, 1.165) is 32.6 Å². The zero-order valence-electron chi connectivity index (χ0n) is 10.1. The van der Waals surface area contributed by atoms with Crippen LogP contribution in [0, 0.1) is 6.92 Å². The van der Waals surface area contributed by atoms with Gasteiger partial charge in [-0.05, 0) is 35.0 Å². The average molecular weight is 303 g/mol. The van der Waals surface area contributed by atoms with E-state index >= 15 is 0 Å². The first-order chi connectivity index (χ1) is 8.66. The van der Waals surface area contributed by atoms with Crippen molar-refractivity contribution in [3.05, 3.63) is 41.0 Å². The number of rotatable bonds is 1. The highest BCUT2D eigenvalue weighted by Gasteiger charge is 2.14. The Balaban J connectivity index is 2.42. The van der Waals surface area contributed by atoms with Crippen LogP contribution in [-0.2, 0) is 7.05 Å². The molecule has 5 heteroatoms. The molecule has 3 aromatic heterocycles. The minimum atomic E-state index is 0.767. The predicted molar refractivity (Wildman–Crippen MR) is 74.2 cm³/mol. The second kappa shape index (κ2) is 4.17. The van der Waals surface area contributed by atoms with Crippen molar-refractivity contribution < 1.29 is 0 Å². The van der Waals surface area contributed by atoms with Crippen LogP contribution in [-0.4, -0.2) is 19.5 Å². The molecule has 0 amide bonds. The number of halogens is 1. The first kappa shape index (κ1) is 11.3. The van der Waals surface area contributed by atoms with Crippen LogP contribution in [0.25, 0.3) is 22.3 Å². The molecule has 0 aliphatic carbocycles. The average Bonchev–Trinajstić information content (AvgIpc) is 2.65. The maximum Gasteiger partial charge on any atom is 0.145 e. The molecule has 0 atom stereocenters. The summed E-state index contributed by atoms with van der Waals surface area (Å²) in [5.74, 6) is 0.767. The molecule has 0 aliphatic heterocycles. The van der Waals surface area contributed by atoms with Gasteiger partial charge in [0.1, 0.15) is 11.5 Å². The van der Waals surface area contributed by atoms with Gasteiger partial charge in [0.15, 0.2) is 0 Å². The molecular formula is C13H11BrN4. The monoisotopic (exact) mass is 302 g/mol. The first-order valence-corrected chi connectivity index (χ1v) is 6.35. The Hall–Kier alpha value is -1.75. The predicted octanol–water partition coefficient (Wildman–Crippen LogP) is 3.10. The van der Waals surface area contributed by atoms with E-state index in [4.69, 9.17) is 0 Å². The van der Waals surface area contributed by atoms with Gasteiger partial charge in [-0.3, -0.25) is 4.98 Å². The van der Waals surface area contributed by atoms with Crippen molar-refractivity contribution in [3.8, 4) is 11.3 Å². The van der Waals surface area contributed by atoms with E-state index < -0.39 is 0 Å². The maximum absolute atomic E-state index is 4.56. The Morgan fingerprint density at radius 1 is 1.17 bits per heavy atom. The van der Waals surface area contributed by atoms with Crippen molar-refractivity contribution in [1.82, 2.24) is 19.5 Å². The number of pyridine rings is 1. The molecule has 4 nitrogen and oxygen atoms in total. The van der Waals surface area contributed by atoms with Gasteiger partial charge in [-0.15, -0.1) is 0 Å². The van der Waals surface area contributed by atoms with Gasteiger partial charge in [0.2, 0.25) is 0 Å². The summed E-state index contributed by atoms with van der Waals surface area (Å²) in [4.78, 5) is 13.1. The molecule has 0 saturated carbocycles. The molecule has 0 spiro atoms. The molecule has 3 rings (SSSR count). The zero-order chi connectivity index (χ0) is 12.7. The van der Waals surface area contributed by atoms with Crippen LogP contribution in [0.5, 0.6) is 0 Å². The number of aromatic nitrogens is 4. The number of hydrogen-bond donors (Lipinski definition) is 0. The third kappa shape index (κ3) is 1.71. The minimum Gasteiger partial charge on any atom is -0.334 e. The van der Waals surface area contributed by atoms with Crippen LogP contribution in [0.3, 0.4) is 0 Å². The summed E-state index contributed by atoms with van der Waals surface area (Å²) in [5.41, 5.74) is 2.92. The lowest BCUT2D eigenvalue weighted by Gasteiger charge is -2.05. The van der Waals surface area contributed by atoms with Crippen molar-refractivity contribution in [2.75, 3.05) is 0 Å². The Kier molecular flexibility index (Phi) is 2.63. The molecule has 0 bridgehead atoms. The lowest BCUT2D eigenvalue weighted by Crippen LogP contribution is -1.96. The first-order valence-electron chi connectivity index (χ1n) is 5.56. The van der Waals surface area contributed by atoms with Crippen molar-refractivity contribution in [1.29, 1.82) is 0 Å². The quantitative estimate of drug-likeness (QED) is 0.694. The largest absolute Gasteiger partial charge is 0.334 e. The van der Waals surface area contributed by atoms with Gasteiger partial charge in [0.25, 0.3) is 0 Å². The molecule has 0 fully saturated rings. The molecule has 90 valence electrons. The van der Waals surface area contributed by atoms with Crippen LogP contribution in [0.4, 0.5) is 0 Å². The van der Waals surface area contributed by atoms with E-state index in [1.54, 1.807) is 12.4 Å². The van der Waals surface area contributed by atoms with Crippen molar-refractivity contribution in [2.45, 2.75) is 6.92 Å². The molecule has 0 aromatic carbocycles. The Morgan fingerprint density at radius 2 is 1.89 bits per heavy atom. The normalized spacial score (nSPS) is 11.1. The minimum absolute atomic E-state index is 0.767. The fraction of sp³-hybridized carbons (Fsp3) is 0.154. The lowest BCUT2D eigenvalue weighted by atomic mass is 10.1. The Labute approximate surface area is 113 Å². The fourth-order valence-electron chi connectivity index (χ4n) is 2.05.